The Morgan fingerprint density at radius 3 is 2.88 bits per heavy atom. The number of halogens is 1. The molecule has 3 nitrogen and oxygen atoms in total. The molecule has 0 unspecified atom stereocenters. The van der Waals surface area contributed by atoms with Gasteiger partial charge in [-0.25, -0.2) is 4.98 Å². The van der Waals surface area contributed by atoms with E-state index in [2.05, 4.69) is 4.98 Å². The Kier molecular flexibility index (Phi) is 3.06. The van der Waals surface area contributed by atoms with Gasteiger partial charge in [-0.3, -0.25) is 9.36 Å². The average Bonchev–Trinajstić information content (AvgIpc) is 2.77. The third-order valence-corrected chi connectivity index (χ3v) is 2.69. The zero-order valence-electron chi connectivity index (χ0n) is 8.85. The van der Waals surface area contributed by atoms with E-state index in [1.54, 1.807) is 36.7 Å². The number of aryl methyl sites for hydroxylation is 1. The minimum Gasteiger partial charge on any atom is -0.270 e. The highest BCUT2D eigenvalue weighted by Crippen LogP contribution is 2.17. The Hall–Kier alpha value is -1.61. The molecule has 1 aromatic heterocycles. The van der Waals surface area contributed by atoms with E-state index in [0.717, 1.165) is 5.82 Å². The second-order valence-electron chi connectivity index (χ2n) is 3.35. The Labute approximate surface area is 98.7 Å². The molecule has 2 rings (SSSR count). The first-order valence-electron chi connectivity index (χ1n) is 5.05. The van der Waals surface area contributed by atoms with Crippen molar-refractivity contribution in [2.75, 3.05) is 0 Å². The SMILES string of the molecule is CCc1nccn1C(=O)c1ccccc1Cl. The smallest absolute Gasteiger partial charge is 0.264 e. The van der Waals surface area contributed by atoms with Crippen LogP contribution in [0.2, 0.25) is 5.02 Å². The molecule has 4 heteroatoms. The molecule has 0 bridgehead atoms. The Morgan fingerprint density at radius 2 is 2.19 bits per heavy atom. The van der Waals surface area contributed by atoms with Crippen LogP contribution in [-0.2, 0) is 6.42 Å². The van der Waals surface area contributed by atoms with Crippen molar-refractivity contribution in [3.8, 4) is 0 Å². The van der Waals surface area contributed by atoms with Gasteiger partial charge in [0.2, 0.25) is 0 Å². The average molecular weight is 235 g/mol. The van der Waals surface area contributed by atoms with Gasteiger partial charge in [-0.2, -0.15) is 0 Å². The molecule has 0 aliphatic rings. The van der Waals surface area contributed by atoms with Gasteiger partial charge in [0, 0.05) is 18.8 Å². The lowest BCUT2D eigenvalue weighted by Gasteiger charge is -2.06. The fourth-order valence-electron chi connectivity index (χ4n) is 1.55. The van der Waals surface area contributed by atoms with Crippen LogP contribution >= 0.6 is 11.6 Å². The highest BCUT2D eigenvalue weighted by Gasteiger charge is 2.14. The summed E-state index contributed by atoms with van der Waals surface area (Å²) in [5.74, 6) is 0.602. The molecule has 2 aromatic rings. The maximum atomic E-state index is 12.1. The minimum atomic E-state index is -0.139. The molecule has 16 heavy (non-hydrogen) atoms. The molecular weight excluding hydrogens is 224 g/mol. The van der Waals surface area contributed by atoms with Crippen molar-refractivity contribution in [1.29, 1.82) is 0 Å². The van der Waals surface area contributed by atoms with Gasteiger partial charge in [0.1, 0.15) is 5.82 Å². The zero-order chi connectivity index (χ0) is 11.5. The van der Waals surface area contributed by atoms with E-state index in [1.807, 2.05) is 6.92 Å². The molecule has 0 atom stereocenters. The fourth-order valence-corrected chi connectivity index (χ4v) is 1.76. The topological polar surface area (TPSA) is 34.9 Å². The first-order valence-corrected chi connectivity index (χ1v) is 5.43. The van der Waals surface area contributed by atoms with E-state index >= 15 is 0 Å². The standard InChI is InChI=1S/C12H11ClN2O/c1-2-11-14-7-8-15(11)12(16)9-5-3-4-6-10(9)13/h3-8H,2H2,1H3. The molecular formula is C12H11ClN2O. The number of aromatic nitrogens is 2. The predicted octanol–water partition coefficient (Wildman–Crippen LogP) is 2.79. The second-order valence-corrected chi connectivity index (χ2v) is 3.76. The summed E-state index contributed by atoms with van der Waals surface area (Å²) in [6.07, 6.45) is 3.99. The van der Waals surface area contributed by atoms with Gasteiger partial charge in [0.15, 0.2) is 0 Å². The van der Waals surface area contributed by atoms with E-state index in [9.17, 15) is 4.79 Å². The van der Waals surface area contributed by atoms with E-state index in [-0.39, 0.29) is 5.91 Å². The molecule has 0 saturated carbocycles. The summed E-state index contributed by atoms with van der Waals surface area (Å²) in [5.41, 5.74) is 0.497. The monoisotopic (exact) mass is 234 g/mol. The van der Waals surface area contributed by atoms with Gasteiger partial charge in [0.25, 0.3) is 5.91 Å². The van der Waals surface area contributed by atoms with Crippen molar-refractivity contribution in [2.24, 2.45) is 0 Å². The molecule has 0 spiro atoms. The van der Waals surface area contributed by atoms with Gasteiger partial charge < -0.3 is 0 Å². The third kappa shape index (κ3) is 1.86. The van der Waals surface area contributed by atoms with Gasteiger partial charge in [-0.15, -0.1) is 0 Å². The van der Waals surface area contributed by atoms with E-state index in [4.69, 9.17) is 11.6 Å². The number of carbonyl (C=O) groups excluding carboxylic acids is 1. The lowest BCUT2D eigenvalue weighted by atomic mass is 10.2. The number of hydrogen-bond donors (Lipinski definition) is 0. The van der Waals surface area contributed by atoms with E-state index in [1.165, 1.54) is 4.57 Å². The lowest BCUT2D eigenvalue weighted by Crippen LogP contribution is -2.14. The number of carbonyl (C=O) groups is 1. The maximum absolute atomic E-state index is 12.1. The van der Waals surface area contributed by atoms with Crippen LogP contribution in [0.25, 0.3) is 0 Å². The van der Waals surface area contributed by atoms with Crippen LogP contribution in [0.4, 0.5) is 0 Å². The minimum absolute atomic E-state index is 0.139. The molecule has 0 aliphatic carbocycles. The Bertz CT molecular complexity index is 519. The summed E-state index contributed by atoms with van der Waals surface area (Å²) < 4.78 is 1.53. The summed E-state index contributed by atoms with van der Waals surface area (Å²) in [6, 6.07) is 7.01. The maximum Gasteiger partial charge on any atom is 0.264 e. The van der Waals surface area contributed by atoms with Crippen molar-refractivity contribution < 1.29 is 4.79 Å². The zero-order valence-corrected chi connectivity index (χ0v) is 9.61. The Morgan fingerprint density at radius 1 is 1.44 bits per heavy atom. The van der Waals surface area contributed by atoms with Crippen molar-refractivity contribution in [2.45, 2.75) is 13.3 Å². The van der Waals surface area contributed by atoms with Gasteiger partial charge in [-0.05, 0) is 12.1 Å². The predicted molar refractivity (Wildman–Crippen MR) is 62.8 cm³/mol. The van der Waals surface area contributed by atoms with Crippen LogP contribution in [-0.4, -0.2) is 15.5 Å². The number of rotatable bonds is 2. The van der Waals surface area contributed by atoms with Gasteiger partial charge in [0.05, 0.1) is 10.6 Å². The van der Waals surface area contributed by atoms with Crippen LogP contribution in [0.15, 0.2) is 36.7 Å². The van der Waals surface area contributed by atoms with Gasteiger partial charge >= 0.3 is 0 Å². The quantitative estimate of drug-likeness (QED) is 0.801. The molecule has 1 aromatic carbocycles. The number of imidazole rings is 1. The molecule has 0 amide bonds. The number of nitrogens with zero attached hydrogens (tertiary/aromatic N) is 2. The summed E-state index contributed by atoms with van der Waals surface area (Å²) >= 11 is 5.98. The summed E-state index contributed by atoms with van der Waals surface area (Å²) in [6.45, 7) is 1.96. The molecule has 0 saturated heterocycles. The van der Waals surface area contributed by atoms with Crippen LogP contribution < -0.4 is 0 Å². The highest BCUT2D eigenvalue weighted by atomic mass is 35.5. The molecule has 1 heterocycles. The van der Waals surface area contributed by atoms with Crippen molar-refractivity contribution in [3.05, 3.63) is 53.1 Å². The molecule has 0 radical (unpaired) electrons. The first kappa shape index (κ1) is 10.9. The van der Waals surface area contributed by atoms with Crippen LogP contribution in [0, 0.1) is 0 Å². The highest BCUT2D eigenvalue weighted by molar-refractivity contribution is 6.33. The van der Waals surface area contributed by atoms with E-state index < -0.39 is 0 Å². The largest absolute Gasteiger partial charge is 0.270 e. The van der Waals surface area contributed by atoms with E-state index in [0.29, 0.717) is 17.0 Å². The van der Waals surface area contributed by atoms with Crippen molar-refractivity contribution in [1.82, 2.24) is 9.55 Å². The normalized spacial score (nSPS) is 10.4. The second kappa shape index (κ2) is 4.49. The number of hydrogen-bond acceptors (Lipinski definition) is 2. The summed E-state index contributed by atoms with van der Waals surface area (Å²) in [4.78, 5) is 16.3. The van der Waals surface area contributed by atoms with Crippen LogP contribution in [0.3, 0.4) is 0 Å². The molecule has 0 fully saturated rings. The molecule has 82 valence electrons. The fraction of sp³-hybridized carbons (Fsp3) is 0.167. The molecule has 0 aliphatic heterocycles. The summed E-state index contributed by atoms with van der Waals surface area (Å²) in [7, 11) is 0. The first-order chi connectivity index (χ1) is 7.74. The summed E-state index contributed by atoms with van der Waals surface area (Å²) in [5, 5.41) is 0.461. The lowest BCUT2D eigenvalue weighted by molar-refractivity contribution is 0.0957. The van der Waals surface area contributed by atoms with Crippen molar-refractivity contribution in [3.63, 3.8) is 0 Å². The van der Waals surface area contributed by atoms with Crippen molar-refractivity contribution >= 4 is 17.5 Å². The van der Waals surface area contributed by atoms with Gasteiger partial charge in [-0.1, -0.05) is 30.7 Å². The molecule has 0 N–H and O–H groups in total. The Balaban J connectivity index is 2.44. The van der Waals surface area contributed by atoms with Crippen LogP contribution in [0.1, 0.15) is 23.1 Å². The third-order valence-electron chi connectivity index (χ3n) is 2.36. The van der Waals surface area contributed by atoms with Crippen LogP contribution in [0.5, 0.6) is 0 Å². The number of benzene rings is 1.